The van der Waals surface area contributed by atoms with Crippen LogP contribution in [0.2, 0.25) is 0 Å². The number of nitrogens with zero attached hydrogens (tertiary/aromatic N) is 3. The van der Waals surface area contributed by atoms with Crippen LogP contribution in [0.4, 0.5) is 0 Å². The molecule has 30 heavy (non-hydrogen) atoms. The number of ether oxygens (including phenoxy) is 2. The van der Waals surface area contributed by atoms with Crippen LogP contribution in [0.15, 0.2) is 35.6 Å². The lowest BCUT2D eigenvalue weighted by Gasteiger charge is -2.15. The molecule has 1 atom stereocenters. The standard InChI is InChI=1S/C22H33N5O2.HI/c1-4-23-22(24-10-9-18-13-26-27(3)15-18)25-14-19-8-7-17(2)12-21(19)29-16-20-6-5-11-28-20;/h7-8,12-13,15,20H,4-6,9-11,14,16H2,1-3H3,(H2,23,24,25);1H. The molecule has 1 saturated heterocycles. The number of aryl methyl sites for hydroxylation is 2. The summed E-state index contributed by atoms with van der Waals surface area (Å²) in [4.78, 5) is 4.75. The third kappa shape index (κ3) is 7.79. The lowest BCUT2D eigenvalue weighted by molar-refractivity contribution is 0.0676. The summed E-state index contributed by atoms with van der Waals surface area (Å²) >= 11 is 0. The molecule has 3 rings (SSSR count). The fraction of sp³-hybridized carbons (Fsp3) is 0.545. The van der Waals surface area contributed by atoms with E-state index in [2.05, 4.69) is 47.8 Å². The van der Waals surface area contributed by atoms with Gasteiger partial charge in [0.1, 0.15) is 12.4 Å². The van der Waals surface area contributed by atoms with E-state index in [4.69, 9.17) is 14.5 Å². The van der Waals surface area contributed by atoms with Crippen LogP contribution < -0.4 is 15.4 Å². The van der Waals surface area contributed by atoms with Crippen molar-refractivity contribution in [2.45, 2.75) is 45.8 Å². The summed E-state index contributed by atoms with van der Waals surface area (Å²) in [5, 5.41) is 10.9. The van der Waals surface area contributed by atoms with Gasteiger partial charge in [0.2, 0.25) is 0 Å². The van der Waals surface area contributed by atoms with Crippen molar-refractivity contribution < 1.29 is 9.47 Å². The van der Waals surface area contributed by atoms with Gasteiger partial charge in [0.05, 0.1) is 18.8 Å². The highest BCUT2D eigenvalue weighted by Crippen LogP contribution is 2.23. The van der Waals surface area contributed by atoms with E-state index in [9.17, 15) is 0 Å². The van der Waals surface area contributed by atoms with E-state index in [1.54, 1.807) is 0 Å². The van der Waals surface area contributed by atoms with E-state index in [0.29, 0.717) is 13.2 Å². The van der Waals surface area contributed by atoms with Crippen molar-refractivity contribution in [3.8, 4) is 5.75 Å². The number of guanidine groups is 1. The summed E-state index contributed by atoms with van der Waals surface area (Å²) in [6, 6.07) is 6.29. The van der Waals surface area contributed by atoms with Crippen LogP contribution >= 0.6 is 24.0 Å². The second-order valence-electron chi connectivity index (χ2n) is 7.45. The van der Waals surface area contributed by atoms with Crippen molar-refractivity contribution in [3.63, 3.8) is 0 Å². The zero-order chi connectivity index (χ0) is 20.5. The molecule has 0 aliphatic carbocycles. The molecule has 1 fully saturated rings. The van der Waals surface area contributed by atoms with E-state index in [1.807, 2.05) is 24.1 Å². The Bertz CT molecular complexity index is 803. The molecule has 1 unspecified atom stereocenters. The number of benzene rings is 1. The summed E-state index contributed by atoms with van der Waals surface area (Å²) in [5.41, 5.74) is 3.47. The van der Waals surface area contributed by atoms with Gasteiger partial charge in [-0.05, 0) is 50.3 Å². The summed E-state index contributed by atoms with van der Waals surface area (Å²) in [7, 11) is 1.93. The average molecular weight is 527 g/mol. The molecule has 2 aromatic rings. The van der Waals surface area contributed by atoms with Gasteiger partial charge < -0.3 is 20.1 Å². The number of aliphatic imine (C=N–C) groups is 1. The topological polar surface area (TPSA) is 72.7 Å². The molecule has 1 aliphatic rings. The molecular formula is C22H34IN5O2. The van der Waals surface area contributed by atoms with Crippen LogP contribution in [-0.2, 0) is 24.8 Å². The highest BCUT2D eigenvalue weighted by Gasteiger charge is 2.17. The fourth-order valence-corrected chi connectivity index (χ4v) is 3.32. The van der Waals surface area contributed by atoms with Gasteiger partial charge in [0.15, 0.2) is 5.96 Å². The smallest absolute Gasteiger partial charge is 0.191 e. The number of halogens is 1. The Balaban J connectivity index is 0.00000320. The molecule has 1 aliphatic heterocycles. The van der Waals surface area contributed by atoms with Crippen molar-refractivity contribution in [3.05, 3.63) is 47.3 Å². The minimum absolute atomic E-state index is 0. The van der Waals surface area contributed by atoms with Crippen LogP contribution in [0.25, 0.3) is 0 Å². The fourth-order valence-electron chi connectivity index (χ4n) is 3.32. The normalized spacial score (nSPS) is 16.2. The monoisotopic (exact) mass is 527 g/mol. The zero-order valence-corrected chi connectivity index (χ0v) is 20.5. The van der Waals surface area contributed by atoms with E-state index in [0.717, 1.165) is 56.2 Å². The summed E-state index contributed by atoms with van der Waals surface area (Å²) in [5.74, 6) is 1.71. The molecule has 0 bridgehead atoms. The number of aromatic nitrogens is 2. The van der Waals surface area contributed by atoms with E-state index in [1.165, 1.54) is 11.1 Å². The van der Waals surface area contributed by atoms with Crippen LogP contribution in [0.5, 0.6) is 5.75 Å². The quantitative estimate of drug-likeness (QED) is 0.298. The molecule has 1 aromatic heterocycles. The molecular weight excluding hydrogens is 493 g/mol. The first-order valence-electron chi connectivity index (χ1n) is 10.5. The van der Waals surface area contributed by atoms with Gasteiger partial charge in [-0.2, -0.15) is 5.10 Å². The van der Waals surface area contributed by atoms with Crippen molar-refractivity contribution in [1.29, 1.82) is 0 Å². The predicted octanol–water partition coefficient (Wildman–Crippen LogP) is 3.20. The second-order valence-corrected chi connectivity index (χ2v) is 7.45. The highest BCUT2D eigenvalue weighted by atomic mass is 127. The van der Waals surface area contributed by atoms with Crippen molar-refractivity contribution in [1.82, 2.24) is 20.4 Å². The average Bonchev–Trinajstić information content (AvgIpc) is 3.37. The third-order valence-electron chi connectivity index (χ3n) is 4.89. The van der Waals surface area contributed by atoms with E-state index in [-0.39, 0.29) is 30.1 Å². The molecule has 2 N–H and O–H groups in total. The van der Waals surface area contributed by atoms with Crippen molar-refractivity contribution in [2.75, 3.05) is 26.3 Å². The van der Waals surface area contributed by atoms with Crippen LogP contribution in [-0.4, -0.2) is 48.1 Å². The zero-order valence-electron chi connectivity index (χ0n) is 18.2. The molecule has 0 saturated carbocycles. The maximum atomic E-state index is 6.09. The van der Waals surface area contributed by atoms with Gasteiger partial charge in [0.25, 0.3) is 0 Å². The molecule has 0 radical (unpaired) electrons. The van der Waals surface area contributed by atoms with Gasteiger partial charge in [0, 0.05) is 38.5 Å². The minimum Gasteiger partial charge on any atom is -0.491 e. The molecule has 1 aromatic carbocycles. The molecule has 166 valence electrons. The lowest BCUT2D eigenvalue weighted by Crippen LogP contribution is -2.38. The summed E-state index contributed by atoms with van der Waals surface area (Å²) in [6.45, 7) is 7.77. The Labute approximate surface area is 196 Å². The van der Waals surface area contributed by atoms with E-state index >= 15 is 0 Å². The van der Waals surface area contributed by atoms with Gasteiger partial charge >= 0.3 is 0 Å². The molecule has 0 amide bonds. The summed E-state index contributed by atoms with van der Waals surface area (Å²) in [6.07, 6.45) is 7.24. The Morgan fingerprint density at radius 3 is 2.93 bits per heavy atom. The van der Waals surface area contributed by atoms with Crippen molar-refractivity contribution >= 4 is 29.9 Å². The Hall–Kier alpha value is -1.81. The second kappa shape index (κ2) is 12.8. The van der Waals surface area contributed by atoms with Gasteiger partial charge in [-0.15, -0.1) is 24.0 Å². The van der Waals surface area contributed by atoms with Crippen molar-refractivity contribution in [2.24, 2.45) is 12.0 Å². The van der Waals surface area contributed by atoms with Crippen LogP contribution in [0.1, 0.15) is 36.5 Å². The van der Waals surface area contributed by atoms with E-state index < -0.39 is 0 Å². The molecule has 2 heterocycles. The number of rotatable bonds is 9. The van der Waals surface area contributed by atoms with Crippen LogP contribution in [0.3, 0.4) is 0 Å². The Kier molecular flexibility index (Phi) is 10.4. The number of nitrogens with one attached hydrogen (secondary N) is 2. The predicted molar refractivity (Wildman–Crippen MR) is 131 cm³/mol. The SMILES string of the molecule is CCNC(=NCc1ccc(C)cc1OCC1CCCO1)NCCc1cnn(C)c1.I. The number of hydrogen-bond acceptors (Lipinski definition) is 4. The molecule has 7 nitrogen and oxygen atoms in total. The Morgan fingerprint density at radius 1 is 1.37 bits per heavy atom. The lowest BCUT2D eigenvalue weighted by atomic mass is 10.1. The maximum absolute atomic E-state index is 6.09. The highest BCUT2D eigenvalue weighted by molar-refractivity contribution is 14.0. The van der Waals surface area contributed by atoms with Gasteiger partial charge in [-0.1, -0.05) is 12.1 Å². The Morgan fingerprint density at radius 2 is 2.23 bits per heavy atom. The minimum atomic E-state index is 0. The van der Waals surface area contributed by atoms with Gasteiger partial charge in [-0.25, -0.2) is 4.99 Å². The molecule has 8 heteroatoms. The first-order valence-corrected chi connectivity index (χ1v) is 10.5. The summed E-state index contributed by atoms with van der Waals surface area (Å²) < 4.78 is 13.6. The van der Waals surface area contributed by atoms with Crippen LogP contribution in [0, 0.1) is 6.92 Å². The van der Waals surface area contributed by atoms with Gasteiger partial charge in [-0.3, -0.25) is 4.68 Å². The largest absolute Gasteiger partial charge is 0.491 e. The maximum Gasteiger partial charge on any atom is 0.191 e. The third-order valence-corrected chi connectivity index (χ3v) is 4.89. The number of hydrogen-bond donors (Lipinski definition) is 2. The molecule has 0 spiro atoms. The first-order chi connectivity index (χ1) is 14.1. The first kappa shape index (κ1) is 24.5.